The molecule has 1 heterocycles. The van der Waals surface area contributed by atoms with Crippen molar-refractivity contribution >= 4 is 0 Å². The van der Waals surface area contributed by atoms with Crippen molar-refractivity contribution < 1.29 is 25.5 Å². The summed E-state index contributed by atoms with van der Waals surface area (Å²) in [6.07, 6.45) is 21.0. The van der Waals surface area contributed by atoms with Crippen LogP contribution >= 0.6 is 0 Å². The van der Waals surface area contributed by atoms with Crippen molar-refractivity contribution in [1.82, 2.24) is 4.98 Å². The van der Waals surface area contributed by atoms with Gasteiger partial charge in [0, 0.05) is 48.3 Å². The van der Waals surface area contributed by atoms with Crippen molar-refractivity contribution in [2.75, 3.05) is 0 Å². The molecule has 6 nitrogen and oxygen atoms in total. The number of unbranched alkanes of at least 4 members (excludes halogenated alkanes) is 1. The van der Waals surface area contributed by atoms with Gasteiger partial charge >= 0.3 is 0 Å². The fourth-order valence-corrected chi connectivity index (χ4v) is 5.98. The van der Waals surface area contributed by atoms with Crippen molar-refractivity contribution in [3.63, 3.8) is 0 Å². The fourth-order valence-electron chi connectivity index (χ4n) is 5.98. The molecule has 226 valence electrons. The third kappa shape index (κ3) is 8.02. The van der Waals surface area contributed by atoms with Crippen LogP contribution in [0.15, 0.2) is 89.8 Å². The third-order valence-corrected chi connectivity index (χ3v) is 8.68. The van der Waals surface area contributed by atoms with E-state index < -0.39 is 6.10 Å². The summed E-state index contributed by atoms with van der Waals surface area (Å²) in [5, 5.41) is 53.9. The van der Waals surface area contributed by atoms with E-state index >= 15 is 0 Å². The summed E-state index contributed by atoms with van der Waals surface area (Å²) in [6, 6.07) is 8.17. The van der Waals surface area contributed by atoms with Crippen molar-refractivity contribution in [1.29, 1.82) is 0 Å². The van der Waals surface area contributed by atoms with E-state index in [0.717, 1.165) is 44.1 Å². The van der Waals surface area contributed by atoms with Crippen molar-refractivity contribution in [3.8, 4) is 23.0 Å². The maximum Gasteiger partial charge on any atom is 0.122 e. The molecule has 0 radical (unpaired) electrons. The number of allylic oxidation sites excluding steroid dienone is 7. The number of rotatable bonds is 14. The molecule has 5 rings (SSSR count). The topological polar surface area (TPSA) is 117 Å². The number of phenolic OH excluding ortho intramolecular Hbond substituents is 4. The molecule has 2 aliphatic rings. The van der Waals surface area contributed by atoms with Crippen molar-refractivity contribution in [2.45, 2.75) is 77.2 Å². The highest BCUT2D eigenvalue weighted by atomic mass is 16.3. The van der Waals surface area contributed by atoms with Crippen molar-refractivity contribution in [2.24, 2.45) is 5.92 Å². The highest BCUT2D eigenvalue weighted by molar-refractivity contribution is 5.56. The predicted molar refractivity (Wildman–Crippen MR) is 171 cm³/mol. The Bertz CT molecular complexity index is 1540. The van der Waals surface area contributed by atoms with E-state index in [2.05, 4.69) is 42.3 Å². The van der Waals surface area contributed by atoms with E-state index in [1.165, 1.54) is 28.8 Å². The average Bonchev–Trinajstić information content (AvgIpc) is 3.59. The number of aliphatic hydroxyl groups is 1. The van der Waals surface area contributed by atoms with Crippen LogP contribution in [-0.2, 0) is 32.1 Å². The lowest BCUT2D eigenvalue weighted by atomic mass is 9.89. The Labute approximate surface area is 254 Å². The molecule has 6 heteroatoms. The number of hydrogen-bond donors (Lipinski definition) is 6. The van der Waals surface area contributed by atoms with Crippen LogP contribution < -0.4 is 0 Å². The molecule has 2 aliphatic carbocycles. The first-order valence-corrected chi connectivity index (χ1v) is 15.4. The first kappa shape index (κ1) is 30.3. The summed E-state index contributed by atoms with van der Waals surface area (Å²) in [5.41, 5.74) is 7.29. The number of phenols is 4. The Morgan fingerprint density at radius 2 is 1.79 bits per heavy atom. The Hall–Kier alpha value is -4.16. The second-order valence-electron chi connectivity index (χ2n) is 11.9. The van der Waals surface area contributed by atoms with Gasteiger partial charge in [-0.05, 0) is 91.8 Å². The number of fused-ring (bicyclic) bond motifs is 1. The summed E-state index contributed by atoms with van der Waals surface area (Å²) in [7, 11) is 0. The Morgan fingerprint density at radius 3 is 2.56 bits per heavy atom. The van der Waals surface area contributed by atoms with E-state index in [0.29, 0.717) is 47.4 Å². The smallest absolute Gasteiger partial charge is 0.122 e. The van der Waals surface area contributed by atoms with E-state index in [9.17, 15) is 25.5 Å². The first-order valence-electron chi connectivity index (χ1n) is 15.4. The molecular formula is C37H43NO5. The van der Waals surface area contributed by atoms with Gasteiger partial charge in [-0.25, -0.2) is 0 Å². The summed E-state index contributed by atoms with van der Waals surface area (Å²) < 4.78 is 0. The van der Waals surface area contributed by atoms with Crippen LogP contribution in [0.25, 0.3) is 0 Å². The molecule has 2 atom stereocenters. The number of hydrogen-bond acceptors (Lipinski definition) is 5. The Morgan fingerprint density at radius 1 is 0.953 bits per heavy atom. The van der Waals surface area contributed by atoms with E-state index in [1.807, 2.05) is 18.5 Å². The van der Waals surface area contributed by atoms with Crippen LogP contribution in [0.3, 0.4) is 0 Å². The molecule has 1 saturated carbocycles. The molecule has 0 spiro atoms. The standard InChI is InChI=1S/C37H43NO5/c1-2-24(5-3-4-6-26-15-16-38-23-26)17-32(40)21-34-33(18-25-7-9-28-19-29(28)10-8-25)36(42)20-30(37(34)43)12-11-27-13-14-31(39)22-35(27)41/h7-10,13-17,20,22-23,28,32,38-43H,2-6,11-12,18-19,21H2,1H3/b24-17+. The zero-order valence-electron chi connectivity index (χ0n) is 24.9. The highest BCUT2D eigenvalue weighted by Gasteiger charge is 2.27. The van der Waals surface area contributed by atoms with Crippen LogP contribution in [0.5, 0.6) is 23.0 Å². The van der Waals surface area contributed by atoms with Crippen LogP contribution in [0, 0.1) is 5.92 Å². The maximum absolute atomic E-state index is 11.5. The van der Waals surface area contributed by atoms with E-state index in [4.69, 9.17) is 0 Å². The van der Waals surface area contributed by atoms with Gasteiger partial charge in [-0.1, -0.05) is 54.5 Å². The second kappa shape index (κ2) is 13.9. The first-order chi connectivity index (χ1) is 20.8. The minimum absolute atomic E-state index is 0.0134. The molecule has 0 bridgehead atoms. The average molecular weight is 582 g/mol. The predicted octanol–water partition coefficient (Wildman–Crippen LogP) is 7.26. The summed E-state index contributed by atoms with van der Waals surface area (Å²) in [6.45, 7) is 2.10. The van der Waals surface area contributed by atoms with Gasteiger partial charge in [0.2, 0.25) is 0 Å². The maximum atomic E-state index is 11.5. The van der Waals surface area contributed by atoms with Gasteiger partial charge < -0.3 is 30.5 Å². The lowest BCUT2D eigenvalue weighted by molar-refractivity contribution is 0.220. The number of aromatic hydroxyl groups is 4. The molecule has 2 aromatic carbocycles. The lowest BCUT2D eigenvalue weighted by Crippen LogP contribution is -2.12. The van der Waals surface area contributed by atoms with Crippen LogP contribution in [0.2, 0.25) is 0 Å². The van der Waals surface area contributed by atoms with E-state index in [-0.39, 0.29) is 29.4 Å². The van der Waals surface area contributed by atoms with Crippen molar-refractivity contribution in [3.05, 3.63) is 118 Å². The van der Waals surface area contributed by atoms with Gasteiger partial charge in [0.15, 0.2) is 0 Å². The van der Waals surface area contributed by atoms with Gasteiger partial charge in [-0.2, -0.15) is 0 Å². The highest BCUT2D eigenvalue weighted by Crippen LogP contribution is 2.42. The number of aromatic amines is 1. The summed E-state index contributed by atoms with van der Waals surface area (Å²) in [4.78, 5) is 3.10. The van der Waals surface area contributed by atoms with Gasteiger partial charge in [0.1, 0.15) is 23.0 Å². The fraction of sp³-hybridized carbons (Fsp3) is 0.351. The molecule has 3 aromatic rings. The zero-order valence-corrected chi connectivity index (χ0v) is 24.9. The SMILES string of the molecule is CC/C(=C\C(O)Cc1c(O)c(CCc2ccc(O)cc2O)cc(O)c1CC1=CC=C2CC2C=C1)CCCCc1cc[nH]c1. The quantitative estimate of drug-likeness (QED) is 0.0681. The van der Waals surface area contributed by atoms with Gasteiger partial charge in [-0.15, -0.1) is 0 Å². The van der Waals surface area contributed by atoms with Gasteiger partial charge in [0.25, 0.3) is 0 Å². The number of H-pyrrole nitrogens is 1. The number of aromatic nitrogens is 1. The molecule has 0 saturated heterocycles. The number of aliphatic hydroxyl groups excluding tert-OH is 1. The number of aryl methyl sites for hydroxylation is 3. The molecule has 0 aliphatic heterocycles. The molecule has 2 unspecified atom stereocenters. The van der Waals surface area contributed by atoms with Crippen LogP contribution in [-0.4, -0.2) is 36.6 Å². The van der Waals surface area contributed by atoms with Gasteiger partial charge in [-0.3, -0.25) is 0 Å². The van der Waals surface area contributed by atoms with Crippen LogP contribution in [0.1, 0.15) is 66.8 Å². The normalized spacial score (nSPS) is 16.8. The largest absolute Gasteiger partial charge is 0.508 e. The molecule has 1 fully saturated rings. The van der Waals surface area contributed by atoms with E-state index in [1.54, 1.807) is 12.1 Å². The monoisotopic (exact) mass is 581 g/mol. The molecule has 6 N–H and O–H groups in total. The third-order valence-electron chi connectivity index (χ3n) is 8.68. The minimum atomic E-state index is -0.812. The number of benzene rings is 2. The lowest BCUT2D eigenvalue weighted by Gasteiger charge is -2.19. The van der Waals surface area contributed by atoms with Crippen LogP contribution in [0.4, 0.5) is 0 Å². The molecule has 43 heavy (non-hydrogen) atoms. The Balaban J connectivity index is 1.35. The zero-order chi connectivity index (χ0) is 30.3. The minimum Gasteiger partial charge on any atom is -0.508 e. The Kier molecular flexibility index (Phi) is 9.78. The van der Waals surface area contributed by atoms with Gasteiger partial charge in [0.05, 0.1) is 6.10 Å². The second-order valence-corrected chi connectivity index (χ2v) is 11.9. The number of nitrogens with one attached hydrogen (secondary N) is 1. The summed E-state index contributed by atoms with van der Waals surface area (Å²) >= 11 is 0. The molecule has 1 aromatic heterocycles. The summed E-state index contributed by atoms with van der Waals surface area (Å²) in [5.74, 6) is 0.641. The molecule has 0 amide bonds. The molecular weight excluding hydrogens is 538 g/mol.